The molecule has 2 rings (SSSR count). The number of amides is 1. The van der Waals surface area contributed by atoms with Gasteiger partial charge in [0.2, 0.25) is 0 Å². The number of hydrogen-bond acceptors (Lipinski definition) is 3. The van der Waals surface area contributed by atoms with Crippen molar-refractivity contribution in [2.24, 2.45) is 0 Å². The summed E-state index contributed by atoms with van der Waals surface area (Å²) in [6.45, 7) is 2.49. The molecule has 0 aliphatic carbocycles. The maximum Gasteiger partial charge on any atom is 0.282 e. The first-order valence-electron chi connectivity index (χ1n) is 6.16. The fourth-order valence-corrected chi connectivity index (χ4v) is 3.07. The third-order valence-corrected chi connectivity index (χ3v) is 4.14. The number of hydrogen-bond donors (Lipinski definition) is 0. The van der Waals surface area contributed by atoms with Crippen LogP contribution in [0, 0.1) is 17.0 Å². The molecule has 0 radical (unpaired) electrons. The van der Waals surface area contributed by atoms with Crippen LogP contribution in [0.1, 0.15) is 28.8 Å². The van der Waals surface area contributed by atoms with Gasteiger partial charge in [-0.1, -0.05) is 22.0 Å². The molecule has 1 saturated heterocycles. The number of nitro groups is 1. The molecule has 1 atom stereocenters. The second-order valence-electron chi connectivity index (χ2n) is 4.73. The molecule has 0 spiro atoms. The fraction of sp³-hybridized carbons (Fsp3) is 0.462. The number of alkyl halides is 1. The molecule has 102 valence electrons. The lowest BCUT2D eigenvalue weighted by molar-refractivity contribution is -0.385. The molecule has 1 heterocycles. The monoisotopic (exact) mass is 326 g/mol. The number of benzene rings is 1. The van der Waals surface area contributed by atoms with Crippen LogP contribution in [0.25, 0.3) is 0 Å². The van der Waals surface area contributed by atoms with Gasteiger partial charge in [-0.2, -0.15) is 0 Å². The number of nitrogens with zero attached hydrogens (tertiary/aromatic N) is 2. The molecule has 0 bridgehead atoms. The molecule has 1 amide bonds. The summed E-state index contributed by atoms with van der Waals surface area (Å²) in [4.78, 5) is 24.8. The predicted molar refractivity (Wildman–Crippen MR) is 75.7 cm³/mol. The second-order valence-corrected chi connectivity index (χ2v) is 5.37. The minimum absolute atomic E-state index is 0.115. The first-order chi connectivity index (χ1) is 9.04. The molecular formula is C13H15BrN2O3. The van der Waals surface area contributed by atoms with E-state index in [0.29, 0.717) is 11.9 Å². The van der Waals surface area contributed by atoms with Crippen molar-refractivity contribution in [3.8, 4) is 0 Å². The van der Waals surface area contributed by atoms with Gasteiger partial charge in [-0.3, -0.25) is 14.9 Å². The normalized spacial score (nSPS) is 18.6. The quantitative estimate of drug-likeness (QED) is 0.487. The molecule has 1 aliphatic rings. The van der Waals surface area contributed by atoms with Crippen molar-refractivity contribution in [3.63, 3.8) is 0 Å². The summed E-state index contributed by atoms with van der Waals surface area (Å²) in [7, 11) is 0. The van der Waals surface area contributed by atoms with E-state index in [1.54, 1.807) is 17.0 Å². The molecule has 1 unspecified atom stereocenters. The van der Waals surface area contributed by atoms with E-state index in [9.17, 15) is 14.9 Å². The first kappa shape index (κ1) is 14.0. The van der Waals surface area contributed by atoms with E-state index in [0.717, 1.165) is 18.4 Å². The lowest BCUT2D eigenvalue weighted by atomic mass is 10.1. The number of halogens is 1. The van der Waals surface area contributed by atoms with E-state index >= 15 is 0 Å². The Kier molecular flexibility index (Phi) is 4.19. The number of carbonyl (C=O) groups is 1. The van der Waals surface area contributed by atoms with Crippen LogP contribution in [0.2, 0.25) is 0 Å². The topological polar surface area (TPSA) is 63.5 Å². The SMILES string of the molecule is Cc1ccc([N+](=O)[O-])c(C(=O)N2CCCC2CBr)c1. The van der Waals surface area contributed by atoms with Crippen molar-refractivity contribution in [2.45, 2.75) is 25.8 Å². The highest BCUT2D eigenvalue weighted by atomic mass is 79.9. The Morgan fingerprint density at radius 1 is 1.58 bits per heavy atom. The van der Waals surface area contributed by atoms with E-state index in [4.69, 9.17) is 0 Å². The molecule has 5 nitrogen and oxygen atoms in total. The Bertz CT molecular complexity index is 519. The Labute approximate surface area is 119 Å². The van der Waals surface area contributed by atoms with Crippen molar-refractivity contribution in [3.05, 3.63) is 39.4 Å². The summed E-state index contributed by atoms with van der Waals surface area (Å²) in [5, 5.41) is 11.7. The molecule has 6 heteroatoms. The molecule has 1 aromatic rings. The van der Waals surface area contributed by atoms with Crippen LogP contribution in [0.5, 0.6) is 0 Å². The summed E-state index contributed by atoms with van der Waals surface area (Å²) in [6, 6.07) is 4.79. The Hall–Kier alpha value is -1.43. The predicted octanol–water partition coefficient (Wildman–Crippen LogP) is 2.90. The highest BCUT2D eigenvalue weighted by Gasteiger charge is 2.32. The zero-order valence-corrected chi connectivity index (χ0v) is 12.2. The van der Waals surface area contributed by atoms with Crippen molar-refractivity contribution < 1.29 is 9.72 Å². The molecule has 0 saturated carbocycles. The summed E-state index contributed by atoms with van der Waals surface area (Å²) < 4.78 is 0. The van der Waals surface area contributed by atoms with Gasteiger partial charge in [-0.15, -0.1) is 0 Å². The van der Waals surface area contributed by atoms with Gasteiger partial charge >= 0.3 is 0 Å². The van der Waals surface area contributed by atoms with Gasteiger partial charge in [-0.25, -0.2) is 0 Å². The molecule has 0 N–H and O–H groups in total. The smallest absolute Gasteiger partial charge is 0.282 e. The van der Waals surface area contributed by atoms with Gasteiger partial charge in [0, 0.05) is 24.0 Å². The molecule has 19 heavy (non-hydrogen) atoms. The minimum atomic E-state index is -0.494. The van der Waals surface area contributed by atoms with Crippen molar-refractivity contribution in [1.29, 1.82) is 0 Å². The maximum absolute atomic E-state index is 12.5. The van der Waals surface area contributed by atoms with E-state index in [1.807, 2.05) is 6.92 Å². The van der Waals surface area contributed by atoms with E-state index in [2.05, 4.69) is 15.9 Å². The van der Waals surface area contributed by atoms with Crippen LogP contribution in [-0.2, 0) is 0 Å². The lowest BCUT2D eigenvalue weighted by Crippen LogP contribution is -2.36. The van der Waals surface area contributed by atoms with Crippen LogP contribution >= 0.6 is 15.9 Å². The molecule has 0 aromatic heterocycles. The van der Waals surface area contributed by atoms with Gasteiger partial charge in [0.15, 0.2) is 0 Å². The van der Waals surface area contributed by atoms with E-state index in [1.165, 1.54) is 6.07 Å². The maximum atomic E-state index is 12.5. The van der Waals surface area contributed by atoms with Crippen LogP contribution in [0.3, 0.4) is 0 Å². The number of nitro benzene ring substituents is 1. The molecular weight excluding hydrogens is 312 g/mol. The Morgan fingerprint density at radius 3 is 2.95 bits per heavy atom. The number of carbonyl (C=O) groups excluding carboxylic acids is 1. The van der Waals surface area contributed by atoms with Gasteiger partial charge in [-0.05, 0) is 31.4 Å². The number of aryl methyl sites for hydroxylation is 1. The van der Waals surface area contributed by atoms with Gasteiger partial charge < -0.3 is 4.90 Å². The van der Waals surface area contributed by atoms with Crippen molar-refractivity contribution >= 4 is 27.5 Å². The van der Waals surface area contributed by atoms with Crippen LogP contribution in [-0.4, -0.2) is 33.6 Å². The number of likely N-dealkylation sites (tertiary alicyclic amines) is 1. The van der Waals surface area contributed by atoms with Crippen molar-refractivity contribution in [2.75, 3.05) is 11.9 Å². The zero-order chi connectivity index (χ0) is 14.0. The molecule has 1 fully saturated rings. The summed E-state index contributed by atoms with van der Waals surface area (Å²) in [5.74, 6) is -0.239. The largest absolute Gasteiger partial charge is 0.335 e. The molecule has 1 aromatic carbocycles. The first-order valence-corrected chi connectivity index (χ1v) is 7.28. The summed E-state index contributed by atoms with van der Waals surface area (Å²) >= 11 is 3.39. The van der Waals surface area contributed by atoms with Crippen LogP contribution in [0.15, 0.2) is 18.2 Å². The molecule has 1 aliphatic heterocycles. The van der Waals surface area contributed by atoms with Crippen molar-refractivity contribution in [1.82, 2.24) is 4.90 Å². The summed E-state index contributed by atoms with van der Waals surface area (Å²) in [6.07, 6.45) is 1.89. The standard InChI is InChI=1S/C13H15BrN2O3/c1-9-4-5-12(16(18)19)11(7-9)13(17)15-6-2-3-10(15)8-14/h4-5,7,10H,2-3,6,8H2,1H3. The second kappa shape index (κ2) is 5.69. The lowest BCUT2D eigenvalue weighted by Gasteiger charge is -2.23. The third-order valence-electron chi connectivity index (χ3n) is 3.40. The average Bonchev–Trinajstić information content (AvgIpc) is 2.85. The fourth-order valence-electron chi connectivity index (χ4n) is 2.40. The van der Waals surface area contributed by atoms with Gasteiger partial charge in [0.25, 0.3) is 11.6 Å². The van der Waals surface area contributed by atoms with Crippen LogP contribution < -0.4 is 0 Å². The van der Waals surface area contributed by atoms with Crippen LogP contribution in [0.4, 0.5) is 5.69 Å². The summed E-state index contributed by atoms with van der Waals surface area (Å²) in [5.41, 5.74) is 0.928. The van der Waals surface area contributed by atoms with E-state index < -0.39 is 4.92 Å². The minimum Gasteiger partial charge on any atom is -0.335 e. The highest BCUT2D eigenvalue weighted by Crippen LogP contribution is 2.26. The Balaban J connectivity index is 2.37. The third kappa shape index (κ3) is 2.78. The zero-order valence-electron chi connectivity index (χ0n) is 10.6. The van der Waals surface area contributed by atoms with Gasteiger partial charge in [0.05, 0.1) is 4.92 Å². The Morgan fingerprint density at radius 2 is 2.32 bits per heavy atom. The number of rotatable bonds is 3. The average molecular weight is 327 g/mol. The highest BCUT2D eigenvalue weighted by molar-refractivity contribution is 9.09. The van der Waals surface area contributed by atoms with Gasteiger partial charge in [0.1, 0.15) is 5.56 Å². The van der Waals surface area contributed by atoms with E-state index in [-0.39, 0.29) is 23.2 Å².